The van der Waals surface area contributed by atoms with Crippen LogP contribution in [0.15, 0.2) is 33.2 Å². The van der Waals surface area contributed by atoms with Crippen molar-refractivity contribution in [3.8, 4) is 11.5 Å². The van der Waals surface area contributed by atoms with Gasteiger partial charge in [-0.05, 0) is 28.1 Å². The van der Waals surface area contributed by atoms with E-state index in [2.05, 4.69) is 26.1 Å². The normalized spacial score (nSPS) is 11.5. The molecule has 0 fully saturated rings. The second kappa shape index (κ2) is 7.58. The Morgan fingerprint density at radius 3 is 2.71 bits per heavy atom. The van der Waals surface area contributed by atoms with Gasteiger partial charge >= 0.3 is 0 Å². The number of rotatable bonds is 7. The number of alkyl halides is 2. The topological polar surface area (TPSA) is 62.4 Å². The predicted octanol–water partition coefficient (Wildman–Crippen LogP) is 2.56. The molecule has 1 aromatic heterocycles. The van der Waals surface area contributed by atoms with Crippen molar-refractivity contribution in [2.24, 2.45) is 0 Å². The van der Waals surface area contributed by atoms with E-state index in [1.165, 1.54) is 4.90 Å². The Morgan fingerprint density at radius 2 is 2.05 bits per heavy atom. The molecule has 0 aliphatic rings. The van der Waals surface area contributed by atoms with Gasteiger partial charge in [0.1, 0.15) is 0 Å². The van der Waals surface area contributed by atoms with Gasteiger partial charge in [0.15, 0.2) is 0 Å². The van der Waals surface area contributed by atoms with Gasteiger partial charge in [0.2, 0.25) is 11.8 Å². The molecule has 8 heteroatoms. The van der Waals surface area contributed by atoms with Gasteiger partial charge in [-0.2, -0.15) is 0 Å². The van der Waals surface area contributed by atoms with Crippen LogP contribution in [0.3, 0.4) is 0 Å². The summed E-state index contributed by atoms with van der Waals surface area (Å²) in [5, 5.41) is 16.7. The second-order valence-electron chi connectivity index (χ2n) is 4.33. The standard InChI is InChI=1S/C13H14BrF2N3O2/c14-10-4-2-1-3-9(10)13-18-17-12(21-13)8-19(5-6-20)7-11(15)16/h1-4,11,20H,5-8H2. The number of aliphatic hydroxyl groups excluding tert-OH is 1. The van der Waals surface area contributed by atoms with Crippen LogP contribution in [-0.2, 0) is 6.54 Å². The van der Waals surface area contributed by atoms with Gasteiger partial charge in [-0.1, -0.05) is 12.1 Å². The number of aliphatic hydroxyl groups is 1. The highest BCUT2D eigenvalue weighted by molar-refractivity contribution is 9.10. The first-order valence-electron chi connectivity index (χ1n) is 6.28. The number of benzene rings is 1. The molecule has 2 rings (SSSR count). The minimum Gasteiger partial charge on any atom is -0.419 e. The molecule has 2 aromatic rings. The zero-order valence-corrected chi connectivity index (χ0v) is 12.6. The smallest absolute Gasteiger partial charge is 0.251 e. The van der Waals surface area contributed by atoms with Crippen molar-refractivity contribution in [1.82, 2.24) is 15.1 Å². The van der Waals surface area contributed by atoms with Crippen molar-refractivity contribution >= 4 is 15.9 Å². The molecule has 5 nitrogen and oxygen atoms in total. The Bertz CT molecular complexity index is 580. The number of aromatic nitrogens is 2. The maximum atomic E-state index is 12.4. The SMILES string of the molecule is OCCN(Cc1nnc(-c2ccccc2Br)o1)CC(F)F. The first-order chi connectivity index (χ1) is 10.1. The number of nitrogens with zero attached hydrogens (tertiary/aromatic N) is 3. The van der Waals surface area contributed by atoms with Gasteiger partial charge in [-0.25, -0.2) is 8.78 Å². The molecular formula is C13H14BrF2N3O2. The first kappa shape index (κ1) is 16.0. The van der Waals surface area contributed by atoms with Crippen molar-refractivity contribution in [3.63, 3.8) is 0 Å². The monoisotopic (exact) mass is 361 g/mol. The molecule has 0 amide bonds. The Hall–Kier alpha value is -1.38. The third-order valence-electron chi connectivity index (χ3n) is 2.74. The molecule has 0 bridgehead atoms. The number of hydrogen-bond acceptors (Lipinski definition) is 5. The van der Waals surface area contributed by atoms with Crippen molar-refractivity contribution in [3.05, 3.63) is 34.6 Å². The lowest BCUT2D eigenvalue weighted by Gasteiger charge is -2.18. The summed E-state index contributed by atoms with van der Waals surface area (Å²) in [7, 11) is 0. The van der Waals surface area contributed by atoms with E-state index >= 15 is 0 Å². The minimum atomic E-state index is -2.48. The Morgan fingerprint density at radius 1 is 1.29 bits per heavy atom. The lowest BCUT2D eigenvalue weighted by Crippen LogP contribution is -2.31. The summed E-state index contributed by atoms with van der Waals surface area (Å²) in [6.07, 6.45) is -2.48. The van der Waals surface area contributed by atoms with E-state index in [0.29, 0.717) is 5.89 Å². The Balaban J connectivity index is 2.10. The highest BCUT2D eigenvalue weighted by Gasteiger charge is 2.17. The van der Waals surface area contributed by atoms with Crippen LogP contribution in [0.4, 0.5) is 8.78 Å². The van der Waals surface area contributed by atoms with Gasteiger partial charge in [0.05, 0.1) is 25.3 Å². The molecule has 114 valence electrons. The van der Waals surface area contributed by atoms with E-state index in [1.807, 2.05) is 24.3 Å². The summed E-state index contributed by atoms with van der Waals surface area (Å²) in [5.41, 5.74) is 0.735. The van der Waals surface area contributed by atoms with Crippen LogP contribution in [0.2, 0.25) is 0 Å². The van der Waals surface area contributed by atoms with Gasteiger partial charge in [-0.3, -0.25) is 4.90 Å². The van der Waals surface area contributed by atoms with Gasteiger partial charge in [0, 0.05) is 11.0 Å². The summed E-state index contributed by atoms with van der Waals surface area (Å²) in [6.45, 7) is -0.468. The van der Waals surface area contributed by atoms with Gasteiger partial charge in [-0.15, -0.1) is 10.2 Å². The van der Waals surface area contributed by atoms with Crippen LogP contribution in [0.25, 0.3) is 11.5 Å². The summed E-state index contributed by atoms with van der Waals surface area (Å²) < 4.78 is 31.2. The highest BCUT2D eigenvalue weighted by Crippen LogP contribution is 2.26. The minimum absolute atomic E-state index is 0.0718. The molecule has 1 heterocycles. The van der Waals surface area contributed by atoms with Crippen LogP contribution in [-0.4, -0.2) is 46.3 Å². The molecule has 0 aliphatic heterocycles. The maximum absolute atomic E-state index is 12.4. The van der Waals surface area contributed by atoms with Crippen LogP contribution >= 0.6 is 15.9 Å². The quantitative estimate of drug-likeness (QED) is 0.820. The Labute approximate surface area is 128 Å². The fraction of sp³-hybridized carbons (Fsp3) is 0.385. The van der Waals surface area contributed by atoms with E-state index < -0.39 is 13.0 Å². The van der Waals surface area contributed by atoms with Crippen molar-refractivity contribution < 1.29 is 18.3 Å². The largest absolute Gasteiger partial charge is 0.419 e. The molecule has 0 aliphatic carbocycles. The zero-order chi connectivity index (χ0) is 15.2. The number of hydrogen-bond donors (Lipinski definition) is 1. The molecule has 1 aromatic carbocycles. The van der Waals surface area contributed by atoms with Crippen LogP contribution < -0.4 is 0 Å². The van der Waals surface area contributed by atoms with Gasteiger partial charge < -0.3 is 9.52 Å². The van der Waals surface area contributed by atoms with E-state index in [4.69, 9.17) is 9.52 Å². The molecular weight excluding hydrogens is 348 g/mol. The predicted molar refractivity (Wildman–Crippen MR) is 75.8 cm³/mol. The van der Waals surface area contributed by atoms with Crippen molar-refractivity contribution in [1.29, 1.82) is 0 Å². The lowest BCUT2D eigenvalue weighted by atomic mass is 10.2. The third-order valence-corrected chi connectivity index (χ3v) is 3.43. The van der Waals surface area contributed by atoms with Crippen LogP contribution in [0.5, 0.6) is 0 Å². The molecule has 0 unspecified atom stereocenters. The molecule has 0 spiro atoms. The molecule has 0 atom stereocenters. The molecule has 0 saturated heterocycles. The fourth-order valence-corrected chi connectivity index (χ4v) is 2.28. The molecule has 0 radical (unpaired) electrons. The maximum Gasteiger partial charge on any atom is 0.251 e. The second-order valence-corrected chi connectivity index (χ2v) is 5.18. The highest BCUT2D eigenvalue weighted by atomic mass is 79.9. The first-order valence-corrected chi connectivity index (χ1v) is 7.08. The summed E-state index contributed by atoms with van der Waals surface area (Å²) >= 11 is 3.38. The lowest BCUT2D eigenvalue weighted by molar-refractivity contribution is 0.0704. The summed E-state index contributed by atoms with van der Waals surface area (Å²) in [5.74, 6) is 0.549. The van der Waals surface area contributed by atoms with E-state index in [-0.39, 0.29) is 25.6 Å². The van der Waals surface area contributed by atoms with Crippen LogP contribution in [0, 0.1) is 0 Å². The van der Waals surface area contributed by atoms with Gasteiger partial charge in [0.25, 0.3) is 6.43 Å². The summed E-state index contributed by atoms with van der Waals surface area (Å²) in [6, 6.07) is 7.34. The van der Waals surface area contributed by atoms with E-state index in [1.54, 1.807) is 0 Å². The average molecular weight is 362 g/mol. The fourth-order valence-electron chi connectivity index (χ4n) is 1.82. The molecule has 0 saturated carbocycles. The van der Waals surface area contributed by atoms with E-state index in [9.17, 15) is 8.78 Å². The third kappa shape index (κ3) is 4.55. The molecule has 21 heavy (non-hydrogen) atoms. The summed E-state index contributed by atoms with van der Waals surface area (Å²) in [4.78, 5) is 1.36. The zero-order valence-electron chi connectivity index (χ0n) is 11.0. The van der Waals surface area contributed by atoms with Crippen molar-refractivity contribution in [2.45, 2.75) is 13.0 Å². The van der Waals surface area contributed by atoms with Crippen molar-refractivity contribution in [2.75, 3.05) is 19.7 Å². The molecule has 1 N–H and O–H groups in total. The average Bonchev–Trinajstić information content (AvgIpc) is 2.87. The number of halogens is 3. The Kier molecular flexibility index (Phi) is 5.77. The van der Waals surface area contributed by atoms with E-state index in [0.717, 1.165) is 10.0 Å². The van der Waals surface area contributed by atoms with Crippen LogP contribution in [0.1, 0.15) is 5.89 Å².